The van der Waals surface area contributed by atoms with Crippen molar-refractivity contribution in [3.05, 3.63) is 59.1 Å². The average Bonchev–Trinajstić information content (AvgIpc) is 3.12. The molecular weight excluding hydrogens is 275 g/mol. The van der Waals surface area contributed by atoms with Crippen molar-refractivity contribution in [3.8, 4) is 5.69 Å². The first-order valence-corrected chi connectivity index (χ1v) is 7.11. The van der Waals surface area contributed by atoms with Gasteiger partial charge in [0.05, 0.1) is 0 Å². The Labute approximate surface area is 119 Å². The monoisotopic (exact) mass is 288 g/mol. The van der Waals surface area contributed by atoms with Crippen LogP contribution in [0.1, 0.15) is 18.5 Å². The van der Waals surface area contributed by atoms with Crippen molar-refractivity contribution in [3.63, 3.8) is 0 Å². The predicted molar refractivity (Wildman–Crippen MR) is 77.7 cm³/mol. The Morgan fingerprint density at radius 2 is 2.25 bits per heavy atom. The zero-order valence-corrected chi connectivity index (χ0v) is 11.6. The molecule has 0 radical (unpaired) electrons. The molecule has 102 valence electrons. The first-order valence-electron chi connectivity index (χ1n) is 6.17. The molecule has 0 spiro atoms. The van der Waals surface area contributed by atoms with Crippen LogP contribution in [0.3, 0.4) is 0 Å². The summed E-state index contributed by atoms with van der Waals surface area (Å²) in [4.78, 5) is 3.81. The van der Waals surface area contributed by atoms with Crippen LogP contribution in [0.15, 0.2) is 47.7 Å². The van der Waals surface area contributed by atoms with E-state index in [1.807, 2.05) is 18.4 Å². The standard InChI is InChI=1S/C14H13FN4S/c1-10(11-4-5-20-7-11)18-12-2-3-14(13(15)6-12)19-9-16-8-17-19/h2-10,18H,1H3. The molecular formula is C14H13FN4S. The van der Waals surface area contributed by atoms with Crippen molar-refractivity contribution in [2.24, 2.45) is 0 Å². The van der Waals surface area contributed by atoms with Gasteiger partial charge in [-0.05, 0) is 47.5 Å². The molecule has 2 heterocycles. The van der Waals surface area contributed by atoms with E-state index in [9.17, 15) is 4.39 Å². The molecule has 1 N–H and O–H groups in total. The Bertz CT molecular complexity index is 679. The summed E-state index contributed by atoms with van der Waals surface area (Å²) in [5.41, 5.74) is 2.32. The van der Waals surface area contributed by atoms with E-state index in [2.05, 4.69) is 26.8 Å². The van der Waals surface area contributed by atoms with E-state index in [1.165, 1.54) is 29.0 Å². The van der Waals surface area contributed by atoms with Gasteiger partial charge in [0.1, 0.15) is 18.3 Å². The highest BCUT2D eigenvalue weighted by atomic mass is 32.1. The molecule has 4 nitrogen and oxygen atoms in total. The molecule has 0 saturated carbocycles. The lowest BCUT2D eigenvalue weighted by molar-refractivity contribution is 0.610. The highest BCUT2D eigenvalue weighted by molar-refractivity contribution is 7.07. The SMILES string of the molecule is CC(Nc1ccc(-n2cncn2)c(F)c1)c1ccsc1. The van der Waals surface area contributed by atoms with E-state index in [4.69, 9.17) is 0 Å². The van der Waals surface area contributed by atoms with Crippen LogP contribution in [-0.2, 0) is 0 Å². The Morgan fingerprint density at radius 1 is 1.35 bits per heavy atom. The first-order chi connectivity index (χ1) is 9.74. The second-order valence-corrected chi connectivity index (χ2v) is 5.21. The van der Waals surface area contributed by atoms with Crippen molar-refractivity contribution in [1.29, 1.82) is 0 Å². The number of thiophene rings is 1. The van der Waals surface area contributed by atoms with Gasteiger partial charge in [-0.1, -0.05) is 0 Å². The summed E-state index contributed by atoms with van der Waals surface area (Å²) in [7, 11) is 0. The topological polar surface area (TPSA) is 42.7 Å². The number of hydrogen-bond acceptors (Lipinski definition) is 4. The number of nitrogens with one attached hydrogen (secondary N) is 1. The van der Waals surface area contributed by atoms with Crippen molar-refractivity contribution in [2.75, 3.05) is 5.32 Å². The second-order valence-electron chi connectivity index (χ2n) is 4.43. The lowest BCUT2D eigenvalue weighted by Gasteiger charge is -2.14. The molecule has 1 aromatic carbocycles. The maximum atomic E-state index is 14.1. The number of halogens is 1. The molecule has 1 atom stereocenters. The highest BCUT2D eigenvalue weighted by Gasteiger charge is 2.09. The number of anilines is 1. The second kappa shape index (κ2) is 5.42. The fourth-order valence-corrected chi connectivity index (χ4v) is 2.72. The molecule has 0 fully saturated rings. The molecule has 1 unspecified atom stereocenters. The van der Waals surface area contributed by atoms with Crippen LogP contribution in [0.2, 0.25) is 0 Å². The third-order valence-electron chi connectivity index (χ3n) is 3.04. The van der Waals surface area contributed by atoms with Crippen molar-refractivity contribution in [1.82, 2.24) is 14.8 Å². The molecule has 0 amide bonds. The Kier molecular flexibility index (Phi) is 3.47. The van der Waals surface area contributed by atoms with Crippen LogP contribution < -0.4 is 5.32 Å². The molecule has 0 aliphatic heterocycles. The van der Waals surface area contributed by atoms with Gasteiger partial charge in [0.25, 0.3) is 0 Å². The maximum absolute atomic E-state index is 14.1. The van der Waals surface area contributed by atoms with Crippen LogP contribution in [0.5, 0.6) is 0 Å². The van der Waals surface area contributed by atoms with E-state index in [0.29, 0.717) is 5.69 Å². The molecule has 20 heavy (non-hydrogen) atoms. The van der Waals surface area contributed by atoms with Gasteiger partial charge in [0, 0.05) is 11.7 Å². The van der Waals surface area contributed by atoms with Gasteiger partial charge < -0.3 is 5.32 Å². The number of rotatable bonds is 4. The van der Waals surface area contributed by atoms with E-state index < -0.39 is 0 Å². The number of benzene rings is 1. The zero-order valence-electron chi connectivity index (χ0n) is 10.8. The van der Waals surface area contributed by atoms with E-state index in [0.717, 1.165) is 5.69 Å². The fraction of sp³-hybridized carbons (Fsp3) is 0.143. The zero-order chi connectivity index (χ0) is 13.9. The lowest BCUT2D eigenvalue weighted by atomic mass is 10.1. The normalized spacial score (nSPS) is 12.3. The molecule has 0 bridgehead atoms. The minimum atomic E-state index is -0.335. The van der Waals surface area contributed by atoms with Crippen LogP contribution in [0, 0.1) is 5.82 Å². The third kappa shape index (κ3) is 2.55. The third-order valence-corrected chi connectivity index (χ3v) is 3.74. The summed E-state index contributed by atoms with van der Waals surface area (Å²) in [5.74, 6) is -0.335. The van der Waals surface area contributed by atoms with Crippen molar-refractivity contribution >= 4 is 17.0 Å². The van der Waals surface area contributed by atoms with Gasteiger partial charge in [-0.3, -0.25) is 0 Å². The highest BCUT2D eigenvalue weighted by Crippen LogP contribution is 2.23. The van der Waals surface area contributed by atoms with Crippen molar-refractivity contribution < 1.29 is 4.39 Å². The largest absolute Gasteiger partial charge is 0.378 e. The van der Waals surface area contributed by atoms with Gasteiger partial charge in [0.2, 0.25) is 0 Å². The van der Waals surface area contributed by atoms with Gasteiger partial charge in [-0.2, -0.15) is 16.4 Å². The molecule has 0 aliphatic rings. The number of aromatic nitrogens is 3. The average molecular weight is 288 g/mol. The number of nitrogens with zero attached hydrogens (tertiary/aromatic N) is 3. The summed E-state index contributed by atoms with van der Waals surface area (Å²) in [6, 6.07) is 7.19. The van der Waals surface area contributed by atoms with Crippen LogP contribution in [-0.4, -0.2) is 14.8 Å². The van der Waals surface area contributed by atoms with Gasteiger partial charge >= 0.3 is 0 Å². The van der Waals surface area contributed by atoms with E-state index in [-0.39, 0.29) is 11.9 Å². The lowest BCUT2D eigenvalue weighted by Crippen LogP contribution is -2.06. The van der Waals surface area contributed by atoms with E-state index >= 15 is 0 Å². The summed E-state index contributed by atoms with van der Waals surface area (Å²) in [6.07, 6.45) is 2.85. The van der Waals surface area contributed by atoms with Gasteiger partial charge in [-0.25, -0.2) is 14.1 Å². The van der Waals surface area contributed by atoms with E-state index in [1.54, 1.807) is 17.4 Å². The fourth-order valence-electron chi connectivity index (χ4n) is 1.97. The summed E-state index contributed by atoms with van der Waals surface area (Å²) in [6.45, 7) is 2.05. The summed E-state index contributed by atoms with van der Waals surface area (Å²) in [5, 5.41) is 11.3. The molecule has 3 aromatic rings. The minimum Gasteiger partial charge on any atom is -0.378 e. The van der Waals surface area contributed by atoms with Gasteiger partial charge in [-0.15, -0.1) is 0 Å². The minimum absolute atomic E-state index is 0.137. The quantitative estimate of drug-likeness (QED) is 0.797. The Balaban J connectivity index is 1.81. The Hall–Kier alpha value is -2.21. The molecule has 6 heteroatoms. The smallest absolute Gasteiger partial charge is 0.150 e. The molecule has 0 saturated heterocycles. The number of hydrogen-bond donors (Lipinski definition) is 1. The summed E-state index contributed by atoms with van der Waals surface area (Å²) < 4.78 is 15.5. The van der Waals surface area contributed by atoms with Crippen molar-refractivity contribution in [2.45, 2.75) is 13.0 Å². The van der Waals surface area contributed by atoms with Crippen LogP contribution in [0.25, 0.3) is 5.69 Å². The Morgan fingerprint density at radius 3 is 2.90 bits per heavy atom. The van der Waals surface area contributed by atoms with Crippen LogP contribution >= 0.6 is 11.3 Å². The molecule has 3 rings (SSSR count). The predicted octanol–water partition coefficient (Wildman–Crippen LogP) is 3.64. The molecule has 2 aromatic heterocycles. The summed E-state index contributed by atoms with van der Waals surface area (Å²) >= 11 is 1.65. The maximum Gasteiger partial charge on any atom is 0.150 e. The first kappa shape index (κ1) is 12.8. The van der Waals surface area contributed by atoms with Crippen LogP contribution in [0.4, 0.5) is 10.1 Å². The van der Waals surface area contributed by atoms with Gasteiger partial charge in [0.15, 0.2) is 5.82 Å². The molecule has 0 aliphatic carbocycles.